The van der Waals surface area contributed by atoms with E-state index in [1.54, 1.807) is 12.4 Å². The minimum absolute atomic E-state index is 0.105. The van der Waals surface area contributed by atoms with Crippen LogP contribution in [0.3, 0.4) is 0 Å². The van der Waals surface area contributed by atoms with Gasteiger partial charge in [-0.05, 0) is 62.8 Å². The summed E-state index contributed by atoms with van der Waals surface area (Å²) in [4.78, 5) is 14.1. The van der Waals surface area contributed by atoms with Crippen LogP contribution in [-0.2, 0) is 10.4 Å². The zero-order valence-electron chi connectivity index (χ0n) is 18.3. The van der Waals surface area contributed by atoms with Gasteiger partial charge in [0.05, 0.1) is 22.4 Å². The van der Waals surface area contributed by atoms with Crippen LogP contribution in [0.2, 0.25) is 5.02 Å². The fraction of sp³-hybridized carbons (Fsp3) is 0.435. The molecule has 32 heavy (non-hydrogen) atoms. The van der Waals surface area contributed by atoms with Crippen molar-refractivity contribution >= 4 is 38.8 Å². The third-order valence-electron chi connectivity index (χ3n) is 6.27. The maximum absolute atomic E-state index is 9.60. The minimum atomic E-state index is -2.13. The number of hydrogen-bond donors (Lipinski definition) is 2. The number of aliphatic imine (C=N–C) groups is 2. The second kappa shape index (κ2) is 8.65. The summed E-state index contributed by atoms with van der Waals surface area (Å²) in [5, 5.41) is 10.2. The molecule has 1 unspecified atom stereocenters. The highest BCUT2D eigenvalue weighted by Gasteiger charge is 2.46. The Bertz CT molecular complexity index is 1060. The highest BCUT2D eigenvalue weighted by atomic mass is 35.5. The summed E-state index contributed by atoms with van der Waals surface area (Å²) in [6.45, 7) is 3.95. The number of benzene rings is 1. The van der Waals surface area contributed by atoms with Gasteiger partial charge < -0.3 is 15.6 Å². The second-order valence-electron chi connectivity index (χ2n) is 8.69. The van der Waals surface area contributed by atoms with Crippen LogP contribution in [0, 0.1) is 12.8 Å². The van der Waals surface area contributed by atoms with Gasteiger partial charge in [-0.3, -0.25) is 9.98 Å². The van der Waals surface area contributed by atoms with Crippen LogP contribution in [0.5, 0.6) is 0 Å². The Balaban J connectivity index is 1.72. The van der Waals surface area contributed by atoms with Crippen molar-refractivity contribution in [2.75, 3.05) is 0 Å². The molecule has 2 heterocycles. The molecule has 3 N–H and O–H groups in total. The van der Waals surface area contributed by atoms with E-state index in [4.69, 9.17) is 47.7 Å². The molecule has 1 aliphatic carbocycles. The van der Waals surface area contributed by atoms with E-state index in [0.717, 1.165) is 40.8 Å². The van der Waals surface area contributed by atoms with E-state index < -0.39 is 11.2 Å². The fourth-order valence-electron chi connectivity index (χ4n) is 4.74. The van der Waals surface area contributed by atoms with Crippen molar-refractivity contribution in [3.63, 3.8) is 0 Å². The lowest BCUT2D eigenvalue weighted by molar-refractivity contribution is -0.129. The van der Waals surface area contributed by atoms with E-state index in [-0.39, 0.29) is 12.0 Å². The van der Waals surface area contributed by atoms with E-state index in [9.17, 15) is 5.11 Å². The number of halogens is 1. The maximum Gasteiger partial charge on any atom is 0.181 e. The Morgan fingerprint density at radius 3 is 2.41 bits per heavy atom. The molecule has 0 bridgehead atoms. The number of aryl methyl sites for hydroxylation is 1. The highest BCUT2D eigenvalue weighted by Crippen LogP contribution is 2.47. The van der Waals surface area contributed by atoms with Crippen molar-refractivity contribution in [3.8, 4) is 11.1 Å². The Morgan fingerprint density at radius 2 is 1.81 bits per heavy atom. The van der Waals surface area contributed by atoms with Crippen molar-refractivity contribution in [2.24, 2.45) is 21.6 Å². The zero-order valence-corrected chi connectivity index (χ0v) is 19.0. The molecule has 162 valence electrons. The molecule has 1 aliphatic heterocycles. The van der Waals surface area contributed by atoms with E-state index in [0.29, 0.717) is 23.7 Å². The monoisotopic (exact) mass is 446 g/mol. The topological polar surface area (TPSA) is 93.1 Å². The van der Waals surface area contributed by atoms with Crippen LogP contribution in [-0.4, -0.2) is 49.0 Å². The number of nitrogens with two attached hydrogens (primary N) is 1. The average Bonchev–Trinajstić information content (AvgIpc) is 3.03. The molecular weight excluding hydrogens is 421 g/mol. The molecule has 4 radical (unpaired) electrons. The minimum Gasteiger partial charge on any atom is -0.384 e. The number of hydrogen-bond acceptors (Lipinski definition) is 6. The van der Waals surface area contributed by atoms with Gasteiger partial charge in [0, 0.05) is 29.4 Å². The van der Waals surface area contributed by atoms with Gasteiger partial charge in [-0.15, -0.1) is 0 Å². The summed E-state index contributed by atoms with van der Waals surface area (Å²) in [5.41, 5.74) is 8.02. The molecule has 4 rings (SSSR count). The second-order valence-corrected chi connectivity index (χ2v) is 9.12. The van der Waals surface area contributed by atoms with Gasteiger partial charge in [-0.25, -0.2) is 4.99 Å². The first kappa shape index (κ1) is 23.0. The molecule has 2 aromatic rings. The van der Waals surface area contributed by atoms with E-state index in [2.05, 4.69) is 24.0 Å². The van der Waals surface area contributed by atoms with Crippen LogP contribution >= 0.6 is 11.6 Å². The van der Waals surface area contributed by atoms with Crippen LogP contribution in [0.25, 0.3) is 11.1 Å². The van der Waals surface area contributed by atoms with Crippen LogP contribution in [0.1, 0.15) is 43.7 Å². The summed E-state index contributed by atoms with van der Waals surface area (Å²) >= 11 is 6.17. The number of aliphatic hydroxyl groups is 1. The maximum atomic E-state index is 9.60. The predicted octanol–water partition coefficient (Wildman–Crippen LogP) is 3.21. The zero-order chi connectivity index (χ0) is 23.1. The molecule has 1 aromatic carbocycles. The van der Waals surface area contributed by atoms with E-state index in [1.165, 1.54) is 0 Å². The number of rotatable bonds is 5. The third-order valence-corrected chi connectivity index (χ3v) is 6.48. The van der Waals surface area contributed by atoms with Crippen LogP contribution < -0.4 is 5.73 Å². The van der Waals surface area contributed by atoms with E-state index >= 15 is 0 Å². The van der Waals surface area contributed by atoms with Gasteiger partial charge in [0.15, 0.2) is 5.66 Å². The van der Waals surface area contributed by atoms with Crippen molar-refractivity contribution in [1.82, 2.24) is 4.98 Å². The predicted molar refractivity (Wildman–Crippen MR) is 129 cm³/mol. The Labute approximate surface area is 196 Å². The largest absolute Gasteiger partial charge is 0.384 e. The SMILES string of the molecule is [B]C([B])(O)OC1CCC(C2(c3cc(-c4cncc(Cl)c4)ccc3C)N=C(C)C(N)=N2)CC1. The van der Waals surface area contributed by atoms with Crippen molar-refractivity contribution in [3.05, 3.63) is 52.8 Å². The summed E-state index contributed by atoms with van der Waals surface area (Å²) in [6.07, 6.45) is 6.10. The molecule has 0 amide bonds. The Hall–Kier alpha value is -2.15. The first-order chi connectivity index (χ1) is 15.1. The van der Waals surface area contributed by atoms with Crippen LogP contribution in [0.4, 0.5) is 0 Å². The van der Waals surface area contributed by atoms with Crippen molar-refractivity contribution in [1.29, 1.82) is 0 Å². The first-order valence-corrected chi connectivity index (χ1v) is 11.1. The summed E-state index contributed by atoms with van der Waals surface area (Å²) < 4.78 is 5.38. The number of amidine groups is 1. The molecule has 9 heteroatoms. The molecule has 1 atom stereocenters. The molecule has 6 nitrogen and oxygen atoms in total. The van der Waals surface area contributed by atoms with Gasteiger partial charge in [-0.2, -0.15) is 0 Å². The number of nitrogens with zero attached hydrogens (tertiary/aromatic N) is 3. The summed E-state index contributed by atoms with van der Waals surface area (Å²) in [6, 6.07) is 8.12. The van der Waals surface area contributed by atoms with Crippen LogP contribution in [0.15, 0.2) is 46.6 Å². The third kappa shape index (κ3) is 4.63. The quantitative estimate of drug-likeness (QED) is 0.545. The lowest BCUT2D eigenvalue weighted by atomic mass is 9.73. The number of ether oxygens (including phenoxy) is 1. The molecule has 1 aromatic heterocycles. The molecular formula is C23H25B2ClN4O2. The normalized spacial score (nSPS) is 26.0. The molecule has 1 fully saturated rings. The van der Waals surface area contributed by atoms with Gasteiger partial charge in [0.25, 0.3) is 0 Å². The molecule has 0 saturated heterocycles. The molecule has 2 aliphatic rings. The lowest BCUT2D eigenvalue weighted by Crippen LogP contribution is -2.41. The Morgan fingerprint density at radius 1 is 1.09 bits per heavy atom. The van der Waals surface area contributed by atoms with E-state index in [1.807, 2.05) is 19.1 Å². The van der Waals surface area contributed by atoms with Crippen molar-refractivity contribution in [2.45, 2.75) is 56.9 Å². The highest BCUT2D eigenvalue weighted by molar-refractivity contribution is 6.41. The first-order valence-electron chi connectivity index (χ1n) is 10.7. The lowest BCUT2D eigenvalue weighted by Gasteiger charge is -2.40. The van der Waals surface area contributed by atoms with Gasteiger partial charge >= 0.3 is 0 Å². The van der Waals surface area contributed by atoms with Gasteiger partial charge in [0.1, 0.15) is 21.5 Å². The summed E-state index contributed by atoms with van der Waals surface area (Å²) in [5.74, 6) is 0.560. The number of aromatic nitrogens is 1. The Kier molecular flexibility index (Phi) is 6.23. The smallest absolute Gasteiger partial charge is 0.181 e. The molecule has 0 spiro atoms. The number of pyridine rings is 1. The summed E-state index contributed by atoms with van der Waals surface area (Å²) in [7, 11) is 10.8. The standard InChI is InChI=1S/C23H25B2ClN4O2/c1-13-3-4-15(16-9-18(26)12-28-11-16)10-20(13)22(29-14(2)21(27)30-22)17-5-7-19(8-6-17)32-23(24,25)31/h3-4,9-12,17,19,31H,5-8H2,1-2H3,(H2,27,30). The molecule has 1 saturated carbocycles. The van der Waals surface area contributed by atoms with Gasteiger partial charge in [0.2, 0.25) is 0 Å². The fourth-order valence-corrected chi connectivity index (χ4v) is 4.92. The van der Waals surface area contributed by atoms with Crippen molar-refractivity contribution < 1.29 is 9.84 Å². The van der Waals surface area contributed by atoms with Gasteiger partial charge in [-0.1, -0.05) is 23.7 Å². The average molecular weight is 447 g/mol.